The lowest BCUT2D eigenvalue weighted by Gasteiger charge is -2.35. The fourth-order valence-electron chi connectivity index (χ4n) is 3.10. The molecule has 0 bridgehead atoms. The molecule has 0 atom stereocenters. The number of nitrogens with zero attached hydrogens (tertiary/aromatic N) is 6. The lowest BCUT2D eigenvalue weighted by atomic mass is 10.2. The number of hydrogen-bond acceptors (Lipinski definition) is 7. The van der Waals surface area contributed by atoms with Crippen molar-refractivity contribution in [2.75, 3.05) is 36.4 Å². The van der Waals surface area contributed by atoms with Gasteiger partial charge >= 0.3 is 0 Å². The maximum Gasteiger partial charge on any atom is 0.272 e. The molecule has 1 fully saturated rings. The summed E-state index contributed by atoms with van der Waals surface area (Å²) in [5, 5.41) is 3.19. The second-order valence-corrected chi connectivity index (χ2v) is 6.43. The molecule has 142 valence electrons. The first-order valence-electron chi connectivity index (χ1n) is 9.21. The van der Waals surface area contributed by atoms with Crippen LogP contribution in [0.25, 0.3) is 0 Å². The van der Waals surface area contributed by atoms with E-state index < -0.39 is 0 Å². The van der Waals surface area contributed by atoms with E-state index in [0.717, 1.165) is 24.6 Å². The first-order valence-corrected chi connectivity index (χ1v) is 9.21. The molecule has 0 radical (unpaired) electrons. The van der Waals surface area contributed by atoms with Crippen LogP contribution in [0.1, 0.15) is 16.2 Å². The summed E-state index contributed by atoms with van der Waals surface area (Å²) in [5.41, 5.74) is 1.30. The van der Waals surface area contributed by atoms with Crippen LogP contribution in [0.3, 0.4) is 0 Å². The minimum Gasteiger partial charge on any atom is -0.364 e. The van der Waals surface area contributed by atoms with Gasteiger partial charge in [-0.1, -0.05) is 12.1 Å². The third-order valence-electron chi connectivity index (χ3n) is 4.60. The van der Waals surface area contributed by atoms with Crippen molar-refractivity contribution in [3.8, 4) is 0 Å². The predicted molar refractivity (Wildman–Crippen MR) is 106 cm³/mol. The van der Waals surface area contributed by atoms with E-state index in [1.807, 2.05) is 41.3 Å². The number of hydrogen-bond donors (Lipinski definition) is 1. The molecule has 8 nitrogen and oxygen atoms in total. The number of aromatic nitrogens is 4. The van der Waals surface area contributed by atoms with Crippen LogP contribution in [0.15, 0.2) is 61.2 Å². The second-order valence-electron chi connectivity index (χ2n) is 6.43. The van der Waals surface area contributed by atoms with Crippen LogP contribution in [0.4, 0.5) is 11.6 Å². The highest BCUT2D eigenvalue weighted by atomic mass is 16.2. The Morgan fingerprint density at radius 3 is 2.43 bits per heavy atom. The number of nitrogens with one attached hydrogen (secondary N) is 1. The number of rotatable bonds is 5. The van der Waals surface area contributed by atoms with Crippen molar-refractivity contribution in [1.29, 1.82) is 0 Å². The molecule has 1 saturated heterocycles. The van der Waals surface area contributed by atoms with Crippen molar-refractivity contribution < 1.29 is 4.79 Å². The lowest BCUT2D eigenvalue weighted by molar-refractivity contribution is 0.0740. The summed E-state index contributed by atoms with van der Waals surface area (Å²) in [6, 6.07) is 13.3. The van der Waals surface area contributed by atoms with Crippen LogP contribution in [0.2, 0.25) is 0 Å². The molecule has 1 aliphatic heterocycles. The molecule has 4 rings (SSSR count). The number of carbonyl (C=O) groups is 1. The van der Waals surface area contributed by atoms with E-state index in [0.29, 0.717) is 31.1 Å². The molecular weight excluding hydrogens is 354 g/mol. The topological polar surface area (TPSA) is 87.1 Å². The van der Waals surface area contributed by atoms with Gasteiger partial charge in [0, 0.05) is 44.6 Å². The van der Waals surface area contributed by atoms with Crippen molar-refractivity contribution in [3.05, 3.63) is 72.6 Å². The van der Waals surface area contributed by atoms with E-state index in [2.05, 4.69) is 30.2 Å². The van der Waals surface area contributed by atoms with Gasteiger partial charge in [0.15, 0.2) is 0 Å². The quantitative estimate of drug-likeness (QED) is 0.728. The minimum absolute atomic E-state index is 0.0797. The van der Waals surface area contributed by atoms with Gasteiger partial charge in [0.1, 0.15) is 23.7 Å². The van der Waals surface area contributed by atoms with Crippen LogP contribution in [0, 0.1) is 0 Å². The van der Waals surface area contributed by atoms with E-state index >= 15 is 0 Å². The molecule has 3 aromatic rings. The minimum atomic E-state index is -0.0797. The molecule has 1 amide bonds. The smallest absolute Gasteiger partial charge is 0.272 e. The standard InChI is InChI=1S/C20H21N7O/c28-20(27-11-9-26(10-12-27)19-6-2-4-8-22-19)17-13-18(25-15-24-17)23-14-16-5-1-3-7-21-16/h1-8,13,15H,9-12,14H2,(H,23,24,25). The largest absolute Gasteiger partial charge is 0.364 e. The molecule has 1 N–H and O–H groups in total. The summed E-state index contributed by atoms with van der Waals surface area (Å²) in [6.45, 7) is 3.30. The second kappa shape index (κ2) is 8.43. The average Bonchev–Trinajstić information content (AvgIpc) is 2.79. The number of piperazine rings is 1. The maximum atomic E-state index is 12.8. The molecule has 0 saturated carbocycles. The van der Waals surface area contributed by atoms with Gasteiger partial charge in [-0.05, 0) is 24.3 Å². The van der Waals surface area contributed by atoms with Crippen LogP contribution < -0.4 is 10.2 Å². The van der Waals surface area contributed by atoms with Crippen molar-refractivity contribution in [3.63, 3.8) is 0 Å². The van der Waals surface area contributed by atoms with Crippen LogP contribution in [0.5, 0.6) is 0 Å². The first kappa shape index (κ1) is 17.8. The number of anilines is 2. The summed E-state index contributed by atoms with van der Waals surface area (Å²) >= 11 is 0. The number of amides is 1. The normalized spacial score (nSPS) is 14.0. The molecule has 0 aromatic carbocycles. The molecular formula is C20H21N7O. The van der Waals surface area contributed by atoms with E-state index in [1.165, 1.54) is 6.33 Å². The molecule has 1 aliphatic rings. The molecule has 3 aromatic heterocycles. The zero-order valence-corrected chi connectivity index (χ0v) is 15.4. The summed E-state index contributed by atoms with van der Waals surface area (Å²) < 4.78 is 0. The highest BCUT2D eigenvalue weighted by Gasteiger charge is 2.23. The van der Waals surface area contributed by atoms with E-state index in [4.69, 9.17) is 0 Å². The summed E-state index contributed by atoms with van der Waals surface area (Å²) in [6.07, 6.45) is 4.95. The lowest BCUT2D eigenvalue weighted by Crippen LogP contribution is -2.49. The summed E-state index contributed by atoms with van der Waals surface area (Å²) in [7, 11) is 0. The van der Waals surface area contributed by atoms with Crippen LogP contribution in [-0.2, 0) is 6.54 Å². The summed E-state index contributed by atoms with van der Waals surface area (Å²) in [5.74, 6) is 1.47. The van der Waals surface area contributed by atoms with E-state index in [-0.39, 0.29) is 5.91 Å². The van der Waals surface area contributed by atoms with Crippen molar-refractivity contribution in [1.82, 2.24) is 24.8 Å². The first-order chi connectivity index (χ1) is 13.8. The average molecular weight is 375 g/mol. The number of pyridine rings is 2. The van der Waals surface area contributed by atoms with Crippen molar-refractivity contribution in [2.45, 2.75) is 6.54 Å². The maximum absolute atomic E-state index is 12.8. The fraction of sp³-hybridized carbons (Fsp3) is 0.250. The SMILES string of the molecule is O=C(c1cc(NCc2ccccn2)ncn1)N1CCN(c2ccccn2)CC1. The van der Waals surface area contributed by atoms with Crippen molar-refractivity contribution >= 4 is 17.5 Å². The summed E-state index contributed by atoms with van der Waals surface area (Å²) in [4.78, 5) is 33.8. The highest BCUT2D eigenvalue weighted by molar-refractivity contribution is 5.93. The zero-order chi connectivity index (χ0) is 19.2. The van der Waals surface area contributed by atoms with Gasteiger partial charge in [0.05, 0.1) is 12.2 Å². The number of carbonyl (C=O) groups excluding carboxylic acids is 1. The fourth-order valence-corrected chi connectivity index (χ4v) is 3.10. The Morgan fingerprint density at radius 2 is 1.71 bits per heavy atom. The molecule has 0 spiro atoms. The Labute approximate surface area is 163 Å². The van der Waals surface area contributed by atoms with E-state index in [9.17, 15) is 4.79 Å². The Kier molecular flexibility index (Phi) is 5.37. The van der Waals surface area contributed by atoms with Crippen LogP contribution >= 0.6 is 0 Å². The molecule has 4 heterocycles. The monoisotopic (exact) mass is 375 g/mol. The van der Waals surface area contributed by atoms with Crippen molar-refractivity contribution in [2.24, 2.45) is 0 Å². The van der Waals surface area contributed by atoms with Crippen LogP contribution in [-0.4, -0.2) is 56.9 Å². The van der Waals surface area contributed by atoms with Gasteiger partial charge in [0.25, 0.3) is 5.91 Å². The molecule has 28 heavy (non-hydrogen) atoms. The Balaban J connectivity index is 1.36. The van der Waals surface area contributed by atoms with Gasteiger partial charge in [0.2, 0.25) is 0 Å². The predicted octanol–water partition coefficient (Wildman–Crippen LogP) is 1.84. The van der Waals surface area contributed by atoms with Gasteiger partial charge in [-0.3, -0.25) is 9.78 Å². The van der Waals surface area contributed by atoms with Gasteiger partial charge in [-0.2, -0.15) is 0 Å². The molecule has 8 heteroatoms. The highest BCUT2D eigenvalue weighted by Crippen LogP contribution is 2.15. The Bertz CT molecular complexity index is 912. The Hall–Kier alpha value is -3.55. The van der Waals surface area contributed by atoms with E-state index in [1.54, 1.807) is 18.5 Å². The molecule has 0 aliphatic carbocycles. The molecule has 0 unspecified atom stereocenters. The third kappa shape index (κ3) is 4.22. The van der Waals surface area contributed by atoms with Gasteiger partial charge < -0.3 is 15.1 Å². The third-order valence-corrected chi connectivity index (χ3v) is 4.60. The van der Waals surface area contributed by atoms with Gasteiger partial charge in [-0.25, -0.2) is 15.0 Å². The zero-order valence-electron chi connectivity index (χ0n) is 15.4. The van der Waals surface area contributed by atoms with Gasteiger partial charge in [-0.15, -0.1) is 0 Å². The Morgan fingerprint density at radius 1 is 0.929 bits per heavy atom.